The second kappa shape index (κ2) is 5.21. The molecule has 0 radical (unpaired) electrons. The molecule has 0 aliphatic carbocycles. The summed E-state index contributed by atoms with van der Waals surface area (Å²) in [7, 11) is 0. The Morgan fingerprint density at radius 3 is 2.84 bits per heavy atom. The van der Waals surface area contributed by atoms with Crippen LogP contribution in [0, 0.1) is 11.3 Å². The summed E-state index contributed by atoms with van der Waals surface area (Å²) in [5, 5.41) is 14.2. The fourth-order valence-electron chi connectivity index (χ4n) is 2.16. The molecule has 1 heterocycles. The number of rotatable bonds is 3. The Labute approximate surface area is 116 Å². The van der Waals surface area contributed by atoms with Crippen LogP contribution in [0.4, 0.5) is 0 Å². The van der Waals surface area contributed by atoms with E-state index in [-0.39, 0.29) is 0 Å². The second-order valence-corrected chi connectivity index (χ2v) is 5.25. The molecule has 0 N–H and O–H groups in total. The first-order valence-corrected chi connectivity index (χ1v) is 7.06. The first kappa shape index (κ1) is 11.9. The number of benzene rings is 2. The van der Waals surface area contributed by atoms with Gasteiger partial charge in [0.05, 0.1) is 16.8 Å². The highest BCUT2D eigenvalue weighted by Crippen LogP contribution is 2.29. The van der Waals surface area contributed by atoms with Gasteiger partial charge in [0.15, 0.2) is 0 Å². The Balaban J connectivity index is 2.05. The highest BCUT2D eigenvalue weighted by molar-refractivity contribution is 7.09. The lowest BCUT2D eigenvalue weighted by molar-refractivity contribution is 0.991. The molecule has 2 aromatic carbocycles. The zero-order chi connectivity index (χ0) is 13.1. The maximum Gasteiger partial charge on any atom is 0.0942 e. The summed E-state index contributed by atoms with van der Waals surface area (Å²) >= 11 is 1.63. The first-order chi connectivity index (χ1) is 9.38. The largest absolute Gasteiger partial charge is 0.241 e. The zero-order valence-corrected chi connectivity index (χ0v) is 11.2. The fourth-order valence-corrected chi connectivity index (χ4v) is 2.96. The van der Waals surface area contributed by atoms with Crippen LogP contribution in [-0.4, -0.2) is 4.98 Å². The standard InChI is InChI=1S/C16H12N2S/c17-10-4-9-16-18-15(11-19-16)14-8-3-6-12-5-1-2-7-13(12)14/h1-3,5-8,11H,4,9H2. The van der Waals surface area contributed by atoms with Crippen molar-refractivity contribution in [1.82, 2.24) is 4.98 Å². The van der Waals surface area contributed by atoms with Crippen LogP contribution in [0.3, 0.4) is 0 Å². The maximum absolute atomic E-state index is 8.62. The van der Waals surface area contributed by atoms with Crippen LogP contribution in [0.25, 0.3) is 22.0 Å². The molecule has 3 rings (SSSR count). The molecule has 0 saturated heterocycles. The van der Waals surface area contributed by atoms with Gasteiger partial charge in [-0.25, -0.2) is 4.98 Å². The molecule has 0 amide bonds. The molecule has 0 atom stereocenters. The Kier molecular flexibility index (Phi) is 3.26. The molecule has 92 valence electrons. The molecule has 0 fully saturated rings. The maximum atomic E-state index is 8.62. The van der Waals surface area contributed by atoms with Crippen LogP contribution < -0.4 is 0 Å². The van der Waals surface area contributed by atoms with E-state index in [2.05, 4.69) is 52.8 Å². The van der Waals surface area contributed by atoms with E-state index in [1.807, 2.05) is 6.07 Å². The predicted octanol–water partition coefficient (Wildman–Crippen LogP) is 4.42. The first-order valence-electron chi connectivity index (χ1n) is 6.18. The van der Waals surface area contributed by atoms with Crippen LogP contribution in [0.15, 0.2) is 47.8 Å². The summed E-state index contributed by atoms with van der Waals surface area (Å²) in [4.78, 5) is 4.64. The van der Waals surface area contributed by atoms with Crippen molar-refractivity contribution in [2.24, 2.45) is 0 Å². The van der Waals surface area contributed by atoms with Gasteiger partial charge in [0.2, 0.25) is 0 Å². The van der Waals surface area contributed by atoms with Crippen molar-refractivity contribution in [3.05, 3.63) is 52.9 Å². The van der Waals surface area contributed by atoms with Crippen molar-refractivity contribution in [3.63, 3.8) is 0 Å². The summed E-state index contributed by atoms with van der Waals surface area (Å²) in [5.74, 6) is 0. The minimum absolute atomic E-state index is 0.530. The van der Waals surface area contributed by atoms with Gasteiger partial charge in [0, 0.05) is 23.8 Å². The summed E-state index contributed by atoms with van der Waals surface area (Å²) in [6, 6.07) is 16.8. The van der Waals surface area contributed by atoms with Gasteiger partial charge >= 0.3 is 0 Å². The third-order valence-corrected chi connectivity index (χ3v) is 3.98. The van der Waals surface area contributed by atoms with Crippen LogP contribution in [0.2, 0.25) is 0 Å². The molecule has 3 heteroatoms. The van der Waals surface area contributed by atoms with Gasteiger partial charge in [0.25, 0.3) is 0 Å². The number of nitrogens with zero attached hydrogens (tertiary/aromatic N) is 2. The fraction of sp³-hybridized carbons (Fsp3) is 0.125. The van der Waals surface area contributed by atoms with Crippen molar-refractivity contribution >= 4 is 22.1 Å². The molecule has 19 heavy (non-hydrogen) atoms. The van der Waals surface area contributed by atoms with E-state index < -0.39 is 0 Å². The minimum atomic E-state index is 0.530. The van der Waals surface area contributed by atoms with Gasteiger partial charge in [-0.3, -0.25) is 0 Å². The molecule has 0 unspecified atom stereocenters. The number of thiazole rings is 1. The average molecular weight is 264 g/mol. The topological polar surface area (TPSA) is 36.7 Å². The van der Waals surface area contributed by atoms with Crippen molar-refractivity contribution in [1.29, 1.82) is 5.26 Å². The molecule has 0 bridgehead atoms. The number of fused-ring (bicyclic) bond motifs is 1. The molecule has 0 spiro atoms. The smallest absolute Gasteiger partial charge is 0.0942 e. The lowest BCUT2D eigenvalue weighted by atomic mass is 10.0. The van der Waals surface area contributed by atoms with Gasteiger partial charge in [-0.05, 0) is 10.8 Å². The summed E-state index contributed by atoms with van der Waals surface area (Å²) in [6.07, 6.45) is 1.27. The molecule has 0 aliphatic rings. The minimum Gasteiger partial charge on any atom is -0.241 e. The third kappa shape index (κ3) is 2.35. The third-order valence-electron chi connectivity index (χ3n) is 3.07. The van der Waals surface area contributed by atoms with Crippen molar-refractivity contribution in [3.8, 4) is 17.3 Å². The Hall–Kier alpha value is -2.18. The van der Waals surface area contributed by atoms with Crippen molar-refractivity contribution in [2.45, 2.75) is 12.8 Å². The van der Waals surface area contributed by atoms with E-state index in [9.17, 15) is 0 Å². The number of hydrogen-bond donors (Lipinski definition) is 0. The SMILES string of the molecule is N#CCCc1nc(-c2cccc3ccccc23)cs1. The van der Waals surface area contributed by atoms with Crippen LogP contribution in [0.5, 0.6) is 0 Å². The zero-order valence-electron chi connectivity index (χ0n) is 10.3. The van der Waals surface area contributed by atoms with E-state index in [4.69, 9.17) is 5.26 Å². The number of aromatic nitrogens is 1. The van der Waals surface area contributed by atoms with Crippen LogP contribution in [0.1, 0.15) is 11.4 Å². The van der Waals surface area contributed by atoms with Gasteiger partial charge < -0.3 is 0 Å². The number of aryl methyl sites for hydroxylation is 1. The van der Waals surface area contributed by atoms with Crippen LogP contribution in [-0.2, 0) is 6.42 Å². The molecule has 0 aliphatic heterocycles. The highest BCUT2D eigenvalue weighted by Gasteiger charge is 2.07. The summed E-state index contributed by atoms with van der Waals surface area (Å²) in [6.45, 7) is 0. The van der Waals surface area contributed by atoms with E-state index in [0.29, 0.717) is 6.42 Å². The molecular formula is C16H12N2S. The Morgan fingerprint density at radius 2 is 1.95 bits per heavy atom. The molecule has 0 saturated carbocycles. The lowest BCUT2D eigenvalue weighted by Crippen LogP contribution is -1.84. The number of hydrogen-bond acceptors (Lipinski definition) is 3. The Bertz CT molecular complexity index is 747. The number of nitriles is 1. The van der Waals surface area contributed by atoms with Crippen molar-refractivity contribution in [2.75, 3.05) is 0 Å². The summed E-state index contributed by atoms with van der Waals surface area (Å²) < 4.78 is 0. The second-order valence-electron chi connectivity index (χ2n) is 4.31. The van der Waals surface area contributed by atoms with E-state index in [1.54, 1.807) is 11.3 Å². The normalized spacial score (nSPS) is 10.5. The van der Waals surface area contributed by atoms with Crippen molar-refractivity contribution < 1.29 is 0 Å². The van der Waals surface area contributed by atoms with Crippen LogP contribution >= 0.6 is 11.3 Å². The molecule has 1 aromatic heterocycles. The monoisotopic (exact) mass is 264 g/mol. The Morgan fingerprint density at radius 1 is 1.11 bits per heavy atom. The highest BCUT2D eigenvalue weighted by atomic mass is 32.1. The van der Waals surface area contributed by atoms with E-state index in [1.165, 1.54) is 10.8 Å². The van der Waals surface area contributed by atoms with Gasteiger partial charge in [-0.15, -0.1) is 11.3 Å². The molecule has 3 aromatic rings. The quantitative estimate of drug-likeness (QED) is 0.702. The lowest BCUT2D eigenvalue weighted by Gasteiger charge is -2.03. The molecule has 2 nitrogen and oxygen atoms in total. The van der Waals surface area contributed by atoms with Gasteiger partial charge in [-0.2, -0.15) is 5.26 Å². The molecular weight excluding hydrogens is 252 g/mol. The van der Waals surface area contributed by atoms with E-state index >= 15 is 0 Å². The average Bonchev–Trinajstić information content (AvgIpc) is 2.93. The summed E-state index contributed by atoms with van der Waals surface area (Å²) in [5.41, 5.74) is 2.17. The predicted molar refractivity (Wildman–Crippen MR) is 79.0 cm³/mol. The van der Waals surface area contributed by atoms with Gasteiger partial charge in [-0.1, -0.05) is 42.5 Å². The van der Waals surface area contributed by atoms with E-state index in [0.717, 1.165) is 22.7 Å². The van der Waals surface area contributed by atoms with Gasteiger partial charge in [0.1, 0.15) is 0 Å².